The van der Waals surface area contributed by atoms with E-state index in [-0.39, 0.29) is 10.9 Å². The van der Waals surface area contributed by atoms with Crippen molar-refractivity contribution in [2.75, 3.05) is 20.3 Å². The van der Waals surface area contributed by atoms with Crippen LogP contribution in [0, 0.1) is 0 Å². The first-order valence-corrected chi connectivity index (χ1v) is 12.7. The smallest absolute Gasteiger partial charge is 0.311 e. The summed E-state index contributed by atoms with van der Waals surface area (Å²) in [7, 11) is 1.68. The van der Waals surface area contributed by atoms with Crippen LogP contribution in [-0.2, 0) is 11.2 Å². The summed E-state index contributed by atoms with van der Waals surface area (Å²) in [5, 5.41) is 12.7. The Morgan fingerprint density at radius 3 is 2.54 bits per heavy atom. The summed E-state index contributed by atoms with van der Waals surface area (Å²) >= 11 is 6.37. The van der Waals surface area contributed by atoms with Gasteiger partial charge < -0.3 is 24.6 Å². The van der Waals surface area contributed by atoms with Crippen molar-refractivity contribution in [1.82, 2.24) is 5.32 Å². The number of hydrogen-bond acceptors (Lipinski definition) is 5. The molecule has 0 radical (unpaired) electrons. The first-order valence-electron chi connectivity index (χ1n) is 12.3. The lowest BCUT2D eigenvalue weighted by Gasteiger charge is -2.24. The molecule has 1 fully saturated rings. The summed E-state index contributed by atoms with van der Waals surface area (Å²) in [5.74, 6) is 1.08. The molecular formula is C29H28ClNO6. The van der Waals surface area contributed by atoms with Crippen LogP contribution in [0.2, 0.25) is 5.02 Å². The first-order chi connectivity index (χ1) is 17.9. The number of amides is 1. The molecule has 3 aromatic rings. The number of hydrogen-bond donors (Lipinski definition) is 2. The number of carboxylic acid groups (broad SMARTS) is 1. The van der Waals surface area contributed by atoms with E-state index in [0.717, 1.165) is 11.3 Å². The Kier molecular flexibility index (Phi) is 7.24. The molecule has 1 aliphatic heterocycles. The van der Waals surface area contributed by atoms with Crippen LogP contribution in [0.3, 0.4) is 0 Å². The molecule has 37 heavy (non-hydrogen) atoms. The minimum absolute atomic E-state index is 0.181. The maximum Gasteiger partial charge on any atom is 0.311 e. The van der Waals surface area contributed by atoms with E-state index in [1.807, 2.05) is 0 Å². The molecule has 8 heteroatoms. The van der Waals surface area contributed by atoms with Gasteiger partial charge in [0.15, 0.2) is 0 Å². The summed E-state index contributed by atoms with van der Waals surface area (Å²) in [5.41, 5.74) is 3.43. The number of benzene rings is 3. The van der Waals surface area contributed by atoms with Crippen LogP contribution in [0.4, 0.5) is 0 Å². The average molecular weight is 522 g/mol. The molecule has 1 aliphatic carbocycles. The molecule has 3 aromatic carbocycles. The molecule has 192 valence electrons. The summed E-state index contributed by atoms with van der Waals surface area (Å²) in [6.45, 7) is 0.797. The van der Waals surface area contributed by atoms with Crippen molar-refractivity contribution in [3.63, 3.8) is 0 Å². The standard InChI is InChI=1S/C29H28ClNO6/c1-35-25-14-20(17-2-3-17)5-4-18(25)10-12-31-28(32)19-6-8-21(9-7-19)37-27-16-26-23(15-24(27)30)22(29(33)34)11-13-36-26/h4-9,14-17,22H,2-3,10-13H2,1H3,(H,31,32)(H,33,34)/t22-/m0/s1. The van der Waals surface area contributed by atoms with Gasteiger partial charge in [0.05, 0.1) is 24.7 Å². The molecule has 1 amide bonds. The van der Waals surface area contributed by atoms with Gasteiger partial charge in [-0.25, -0.2) is 0 Å². The highest BCUT2D eigenvalue weighted by Gasteiger charge is 2.29. The van der Waals surface area contributed by atoms with E-state index >= 15 is 0 Å². The molecule has 2 aliphatic rings. The van der Waals surface area contributed by atoms with Gasteiger partial charge in [-0.1, -0.05) is 23.7 Å². The molecule has 0 unspecified atom stereocenters. The summed E-state index contributed by atoms with van der Waals surface area (Å²) in [6, 6.07) is 16.3. The Morgan fingerprint density at radius 1 is 1.05 bits per heavy atom. The molecule has 0 bridgehead atoms. The van der Waals surface area contributed by atoms with Crippen molar-refractivity contribution in [3.8, 4) is 23.0 Å². The number of carboxylic acids is 1. The normalized spacial score (nSPS) is 16.3. The highest BCUT2D eigenvalue weighted by molar-refractivity contribution is 6.32. The fraction of sp³-hybridized carbons (Fsp3) is 0.310. The molecule has 0 spiro atoms. The fourth-order valence-electron chi connectivity index (χ4n) is 4.58. The SMILES string of the molecule is COc1cc(C2CC2)ccc1CCNC(=O)c1ccc(Oc2cc3c(cc2Cl)[C@@H](C(=O)O)CCO3)cc1. The Morgan fingerprint density at radius 2 is 1.84 bits per heavy atom. The third kappa shape index (κ3) is 5.67. The van der Waals surface area contributed by atoms with Crippen molar-refractivity contribution >= 4 is 23.5 Å². The second-order valence-corrected chi connectivity index (χ2v) is 9.73. The summed E-state index contributed by atoms with van der Waals surface area (Å²) < 4.78 is 17.1. The van der Waals surface area contributed by atoms with Crippen LogP contribution in [-0.4, -0.2) is 37.2 Å². The third-order valence-electron chi connectivity index (χ3n) is 6.79. The van der Waals surface area contributed by atoms with Crippen LogP contribution in [0.5, 0.6) is 23.0 Å². The Hall–Kier alpha value is -3.71. The fourth-order valence-corrected chi connectivity index (χ4v) is 4.79. The largest absolute Gasteiger partial charge is 0.496 e. The van der Waals surface area contributed by atoms with Crippen LogP contribution in [0.25, 0.3) is 0 Å². The summed E-state index contributed by atoms with van der Waals surface area (Å²) in [4.78, 5) is 24.2. The highest BCUT2D eigenvalue weighted by atomic mass is 35.5. The molecule has 1 saturated carbocycles. The molecule has 1 atom stereocenters. The van der Waals surface area contributed by atoms with Gasteiger partial charge >= 0.3 is 5.97 Å². The number of carbonyl (C=O) groups is 2. The zero-order valence-electron chi connectivity index (χ0n) is 20.5. The number of methoxy groups -OCH3 is 1. The van der Waals surface area contributed by atoms with Crippen molar-refractivity contribution < 1.29 is 28.9 Å². The van der Waals surface area contributed by atoms with Gasteiger partial charge in [-0.3, -0.25) is 9.59 Å². The minimum atomic E-state index is -0.909. The number of halogens is 1. The number of rotatable bonds is 9. The van der Waals surface area contributed by atoms with E-state index in [1.54, 1.807) is 43.5 Å². The van der Waals surface area contributed by atoms with Crippen LogP contribution >= 0.6 is 11.6 Å². The second-order valence-electron chi connectivity index (χ2n) is 9.33. The maximum atomic E-state index is 12.6. The van der Waals surface area contributed by atoms with Crippen molar-refractivity contribution in [3.05, 3.63) is 81.9 Å². The first kappa shape index (κ1) is 25.0. The maximum absolute atomic E-state index is 12.6. The van der Waals surface area contributed by atoms with E-state index in [2.05, 4.69) is 23.5 Å². The van der Waals surface area contributed by atoms with Crippen LogP contribution < -0.4 is 19.5 Å². The van der Waals surface area contributed by atoms with Gasteiger partial charge in [0.2, 0.25) is 0 Å². The average Bonchev–Trinajstić information content (AvgIpc) is 3.75. The van der Waals surface area contributed by atoms with Gasteiger partial charge in [-0.05, 0) is 79.1 Å². The quantitative estimate of drug-likeness (QED) is 0.362. The van der Waals surface area contributed by atoms with Crippen LogP contribution in [0.1, 0.15) is 58.1 Å². The van der Waals surface area contributed by atoms with E-state index in [4.69, 9.17) is 25.8 Å². The van der Waals surface area contributed by atoms with E-state index in [1.165, 1.54) is 18.4 Å². The number of aliphatic carboxylic acids is 1. The zero-order chi connectivity index (χ0) is 25.9. The monoisotopic (exact) mass is 521 g/mol. The second kappa shape index (κ2) is 10.7. The van der Waals surface area contributed by atoms with E-state index in [0.29, 0.717) is 60.3 Å². The Labute approximate surface area is 220 Å². The molecule has 0 saturated heterocycles. The molecule has 1 heterocycles. The van der Waals surface area contributed by atoms with E-state index < -0.39 is 11.9 Å². The summed E-state index contributed by atoms with van der Waals surface area (Å²) in [6.07, 6.45) is 3.54. The lowest BCUT2D eigenvalue weighted by Crippen LogP contribution is -2.25. The van der Waals surface area contributed by atoms with Crippen molar-refractivity contribution in [2.45, 2.75) is 37.5 Å². The predicted octanol–water partition coefficient (Wildman–Crippen LogP) is 5.94. The van der Waals surface area contributed by atoms with Crippen molar-refractivity contribution in [1.29, 1.82) is 0 Å². The molecular weight excluding hydrogens is 494 g/mol. The number of nitrogens with one attached hydrogen (secondary N) is 1. The van der Waals surface area contributed by atoms with Gasteiger partial charge in [-0.2, -0.15) is 0 Å². The van der Waals surface area contributed by atoms with Gasteiger partial charge in [-0.15, -0.1) is 0 Å². The number of fused-ring (bicyclic) bond motifs is 1. The number of carbonyl (C=O) groups excluding carboxylic acids is 1. The lowest BCUT2D eigenvalue weighted by molar-refractivity contribution is -0.139. The van der Waals surface area contributed by atoms with Crippen LogP contribution in [0.15, 0.2) is 54.6 Å². The molecule has 7 nitrogen and oxygen atoms in total. The highest BCUT2D eigenvalue weighted by Crippen LogP contribution is 2.42. The topological polar surface area (TPSA) is 94.1 Å². The number of ether oxygens (including phenoxy) is 3. The molecule has 0 aromatic heterocycles. The van der Waals surface area contributed by atoms with Gasteiger partial charge in [0.25, 0.3) is 5.91 Å². The zero-order valence-corrected chi connectivity index (χ0v) is 21.2. The Balaban J connectivity index is 1.18. The predicted molar refractivity (Wildman–Crippen MR) is 139 cm³/mol. The van der Waals surface area contributed by atoms with Gasteiger partial charge in [0, 0.05) is 23.7 Å². The Bertz CT molecular complexity index is 1320. The lowest BCUT2D eigenvalue weighted by atomic mass is 9.93. The molecule has 2 N–H and O–H groups in total. The third-order valence-corrected chi connectivity index (χ3v) is 7.08. The van der Waals surface area contributed by atoms with Gasteiger partial charge in [0.1, 0.15) is 23.0 Å². The van der Waals surface area contributed by atoms with E-state index in [9.17, 15) is 14.7 Å². The molecule has 5 rings (SSSR count). The van der Waals surface area contributed by atoms with Crippen molar-refractivity contribution in [2.24, 2.45) is 0 Å². The minimum Gasteiger partial charge on any atom is -0.496 e.